The number of benzene rings is 1. The maximum atomic E-state index is 14.2. The molecule has 4 aliphatic rings. The molecule has 3 heterocycles. The van der Waals surface area contributed by atoms with Gasteiger partial charge in [-0.05, 0) is 47.8 Å². The molecule has 252 valence electrons. The number of aryl methyl sites for hydroxylation is 1. The van der Waals surface area contributed by atoms with Crippen molar-refractivity contribution in [2.75, 3.05) is 19.8 Å². The summed E-state index contributed by atoms with van der Waals surface area (Å²) >= 11 is 0. The minimum Gasteiger partial charge on any atom is -0.450 e. The highest BCUT2D eigenvalue weighted by atomic mass is 31.2. The van der Waals surface area contributed by atoms with Gasteiger partial charge in [0.15, 0.2) is 0 Å². The molecule has 0 spiro atoms. The van der Waals surface area contributed by atoms with Crippen molar-refractivity contribution in [3.8, 4) is 0 Å². The van der Waals surface area contributed by atoms with Crippen LogP contribution in [0.15, 0.2) is 30.9 Å². The first-order chi connectivity index (χ1) is 21.6. The molecule has 2 fully saturated rings. The van der Waals surface area contributed by atoms with E-state index < -0.39 is 66.2 Å². The average molecular weight is 659 g/mol. The van der Waals surface area contributed by atoms with Crippen molar-refractivity contribution in [2.24, 2.45) is 11.3 Å². The van der Waals surface area contributed by atoms with Crippen molar-refractivity contribution in [1.82, 2.24) is 20.4 Å². The third kappa shape index (κ3) is 6.98. The molecule has 1 unspecified atom stereocenters. The Morgan fingerprint density at radius 2 is 1.87 bits per heavy atom. The van der Waals surface area contributed by atoms with Crippen LogP contribution in [0.5, 0.6) is 0 Å². The second kappa shape index (κ2) is 13.0. The fourth-order valence-electron chi connectivity index (χ4n) is 6.93. The molecule has 12 nitrogen and oxygen atoms in total. The standard InChI is InChI=1S/C33H47N4O8P/c1-6-23-17-33(23,46(5,42)43)35-28(38)26-16-24-19-37(26)29(39)27(32(2,3)4)34-30(40)44-15-10-8-7-9-12-21-13-11-14-22-18-36(20-25(21)22)31(41)45-24/h6,11,13-14,23-24,26-27H,1,7-10,12,15-20H2,2-5H3,(H,34,40)(H,35,38)(H,42,43)/t23-,24-,26+,27-,33+/m1/s1. The Balaban J connectivity index is 1.43. The quantitative estimate of drug-likeness (QED) is 0.320. The molecule has 13 heteroatoms. The molecule has 1 aliphatic carbocycles. The van der Waals surface area contributed by atoms with Gasteiger partial charge in [0.25, 0.3) is 0 Å². The lowest BCUT2D eigenvalue weighted by Crippen LogP contribution is -2.58. The predicted molar refractivity (Wildman–Crippen MR) is 171 cm³/mol. The Morgan fingerprint density at radius 1 is 1.15 bits per heavy atom. The van der Waals surface area contributed by atoms with Gasteiger partial charge in [0.2, 0.25) is 19.2 Å². The molecule has 6 atom stereocenters. The summed E-state index contributed by atoms with van der Waals surface area (Å²) in [4.78, 5) is 67.9. The fourth-order valence-corrected chi connectivity index (χ4v) is 8.51. The molecular formula is C33H47N4O8P. The van der Waals surface area contributed by atoms with Crippen LogP contribution in [0, 0.1) is 11.3 Å². The Labute approximate surface area is 270 Å². The summed E-state index contributed by atoms with van der Waals surface area (Å²) in [6, 6.07) is 3.94. The van der Waals surface area contributed by atoms with E-state index in [9.17, 15) is 28.6 Å². The smallest absolute Gasteiger partial charge is 0.410 e. The van der Waals surface area contributed by atoms with Gasteiger partial charge in [-0.25, -0.2) is 9.59 Å². The Hall–Kier alpha value is -3.37. The lowest BCUT2D eigenvalue weighted by Gasteiger charge is -2.35. The summed E-state index contributed by atoms with van der Waals surface area (Å²) in [5.74, 6) is -1.56. The lowest BCUT2D eigenvalue weighted by molar-refractivity contribution is -0.142. The van der Waals surface area contributed by atoms with Gasteiger partial charge in [-0.3, -0.25) is 19.1 Å². The van der Waals surface area contributed by atoms with Crippen LogP contribution in [0.4, 0.5) is 9.59 Å². The normalized spacial score (nSPS) is 30.4. The fraction of sp³-hybridized carbons (Fsp3) is 0.636. The maximum absolute atomic E-state index is 14.2. The van der Waals surface area contributed by atoms with Crippen molar-refractivity contribution >= 4 is 31.4 Å². The van der Waals surface area contributed by atoms with Crippen molar-refractivity contribution in [3.63, 3.8) is 0 Å². The van der Waals surface area contributed by atoms with Gasteiger partial charge in [0.1, 0.15) is 23.5 Å². The van der Waals surface area contributed by atoms with E-state index in [2.05, 4.69) is 23.3 Å². The highest BCUT2D eigenvalue weighted by Gasteiger charge is 2.64. The van der Waals surface area contributed by atoms with Crippen LogP contribution >= 0.6 is 7.37 Å². The summed E-state index contributed by atoms with van der Waals surface area (Å²) in [6.45, 7) is 11.3. The van der Waals surface area contributed by atoms with Crippen LogP contribution in [-0.4, -0.2) is 82.0 Å². The van der Waals surface area contributed by atoms with Crippen LogP contribution < -0.4 is 10.6 Å². The van der Waals surface area contributed by atoms with Gasteiger partial charge in [-0.1, -0.05) is 57.9 Å². The highest BCUT2D eigenvalue weighted by Crippen LogP contribution is 2.67. The number of alkyl carbamates (subject to hydrolysis) is 1. The first-order valence-corrected chi connectivity index (χ1v) is 18.3. The van der Waals surface area contributed by atoms with E-state index in [1.165, 1.54) is 17.1 Å². The minimum absolute atomic E-state index is 0.00899. The second-order valence-electron chi connectivity index (χ2n) is 14.2. The van der Waals surface area contributed by atoms with Crippen molar-refractivity contribution in [2.45, 2.75) is 102 Å². The first-order valence-electron chi connectivity index (χ1n) is 16.2. The summed E-state index contributed by atoms with van der Waals surface area (Å²) in [5, 5.41) is 4.11. The van der Waals surface area contributed by atoms with E-state index in [0.717, 1.165) is 36.8 Å². The first kappa shape index (κ1) is 34.0. The number of nitrogens with zero attached hydrogens (tertiary/aromatic N) is 2. The molecular weight excluding hydrogens is 611 g/mol. The van der Waals surface area contributed by atoms with Crippen molar-refractivity contribution < 1.29 is 38.1 Å². The van der Waals surface area contributed by atoms with Gasteiger partial charge in [-0.15, -0.1) is 6.58 Å². The molecule has 46 heavy (non-hydrogen) atoms. The number of carbonyl (C=O) groups excluding carboxylic acids is 4. The Morgan fingerprint density at radius 3 is 2.54 bits per heavy atom. The molecule has 3 aliphatic heterocycles. The van der Waals surface area contributed by atoms with Gasteiger partial charge < -0.3 is 29.9 Å². The van der Waals surface area contributed by atoms with Crippen LogP contribution in [0.3, 0.4) is 0 Å². The van der Waals surface area contributed by atoms with Gasteiger partial charge in [0.05, 0.1) is 13.2 Å². The number of fused-ring (bicyclic) bond motifs is 3. The number of rotatable bonds is 4. The van der Waals surface area contributed by atoms with Crippen molar-refractivity contribution in [3.05, 3.63) is 47.5 Å². The van der Waals surface area contributed by atoms with Gasteiger partial charge in [0, 0.05) is 32.1 Å². The largest absolute Gasteiger partial charge is 0.450 e. The second-order valence-corrected chi connectivity index (χ2v) is 16.8. The number of ether oxygens (including phenoxy) is 2. The zero-order valence-corrected chi connectivity index (χ0v) is 28.1. The van der Waals surface area contributed by atoms with Crippen LogP contribution in [0.25, 0.3) is 0 Å². The van der Waals surface area contributed by atoms with E-state index in [-0.39, 0.29) is 26.0 Å². The molecule has 0 radical (unpaired) electrons. The predicted octanol–water partition coefficient (Wildman–Crippen LogP) is 4.28. The SMILES string of the molecule is C=C[C@@H]1C[C@]1(NC(=O)[C@@H]1C[C@@H]2CN1C(=O)[C@H](C(C)(C)C)NC(=O)OCCCCCCc1cccc3c1CN(C3)C(=O)O2)P(C)(=O)O. The summed E-state index contributed by atoms with van der Waals surface area (Å²) in [6.07, 6.45) is 4.06. The molecule has 1 aromatic carbocycles. The molecule has 1 saturated heterocycles. The summed E-state index contributed by atoms with van der Waals surface area (Å²) in [7, 11) is -3.80. The third-order valence-corrected chi connectivity index (χ3v) is 11.9. The molecule has 0 aromatic heterocycles. The van der Waals surface area contributed by atoms with Gasteiger partial charge in [-0.2, -0.15) is 0 Å². The Kier molecular flexibility index (Phi) is 9.62. The lowest BCUT2D eigenvalue weighted by atomic mass is 9.85. The topological polar surface area (TPSA) is 155 Å². The summed E-state index contributed by atoms with van der Waals surface area (Å²) in [5.41, 5.74) is 2.63. The number of hydrogen-bond acceptors (Lipinski definition) is 7. The number of amides is 4. The Bertz CT molecular complexity index is 1440. The van der Waals surface area contributed by atoms with Crippen LogP contribution in [0.1, 0.15) is 76.0 Å². The van der Waals surface area contributed by atoms with E-state index in [0.29, 0.717) is 19.5 Å². The van der Waals surface area contributed by atoms with Gasteiger partial charge >= 0.3 is 12.2 Å². The monoisotopic (exact) mass is 658 g/mol. The minimum atomic E-state index is -3.80. The number of carbonyl (C=O) groups is 4. The van der Waals surface area contributed by atoms with Crippen LogP contribution in [0.2, 0.25) is 0 Å². The molecule has 3 N–H and O–H groups in total. The molecule has 4 amide bonds. The molecule has 1 saturated carbocycles. The van der Waals surface area contributed by atoms with E-state index in [4.69, 9.17) is 9.47 Å². The number of cyclic esters (lactones) is 1. The zero-order valence-electron chi connectivity index (χ0n) is 27.3. The number of hydrogen-bond donors (Lipinski definition) is 3. The van der Waals surface area contributed by atoms with Crippen LogP contribution in [-0.2, 0) is 43.1 Å². The van der Waals surface area contributed by atoms with E-state index >= 15 is 0 Å². The average Bonchev–Trinajstić information content (AvgIpc) is 3.30. The third-order valence-electron chi connectivity index (χ3n) is 9.75. The van der Waals surface area contributed by atoms with E-state index in [1.54, 1.807) is 31.7 Å². The highest BCUT2D eigenvalue weighted by molar-refractivity contribution is 7.59. The molecule has 5 rings (SSSR count). The number of nitrogens with one attached hydrogen (secondary N) is 2. The van der Waals surface area contributed by atoms with E-state index in [1.807, 2.05) is 12.1 Å². The molecule has 1 aromatic rings. The zero-order chi connectivity index (χ0) is 33.4. The van der Waals surface area contributed by atoms with Crippen molar-refractivity contribution in [1.29, 1.82) is 0 Å². The molecule has 4 bridgehead atoms. The summed E-state index contributed by atoms with van der Waals surface area (Å²) < 4.78 is 24.3. The maximum Gasteiger partial charge on any atom is 0.410 e.